The lowest BCUT2D eigenvalue weighted by molar-refractivity contribution is -0.0567. The van der Waals surface area contributed by atoms with Gasteiger partial charge in [0.2, 0.25) is 5.96 Å². The van der Waals surface area contributed by atoms with E-state index in [2.05, 4.69) is 21.7 Å². The van der Waals surface area contributed by atoms with E-state index in [1.54, 1.807) is 43.8 Å². The summed E-state index contributed by atoms with van der Waals surface area (Å²) in [6.07, 6.45) is 2.87. The summed E-state index contributed by atoms with van der Waals surface area (Å²) in [6.45, 7) is 3.54. The average molecular weight is 407 g/mol. The highest BCUT2D eigenvalue weighted by atomic mass is 32.2. The van der Waals surface area contributed by atoms with Gasteiger partial charge in [0.15, 0.2) is 6.19 Å². The number of rotatable bonds is 3. The van der Waals surface area contributed by atoms with Crippen LogP contribution in [0, 0.1) is 22.8 Å². The lowest BCUT2D eigenvalue weighted by atomic mass is 9.86. The third-order valence-corrected chi connectivity index (χ3v) is 5.34. The van der Waals surface area contributed by atoms with Gasteiger partial charge in [-0.25, -0.2) is 4.99 Å². The molecule has 148 valence electrons. The number of nitrogens with one attached hydrogen (secondary N) is 2. The smallest absolute Gasteiger partial charge is 0.209 e. The topological polar surface area (TPSA) is 113 Å². The highest BCUT2D eigenvalue weighted by Crippen LogP contribution is 2.42. The molecular formula is C21H21N5O2S. The summed E-state index contributed by atoms with van der Waals surface area (Å²) in [5.74, 6) is 0.745. The van der Waals surface area contributed by atoms with E-state index in [0.29, 0.717) is 16.9 Å². The van der Waals surface area contributed by atoms with Gasteiger partial charge in [0.1, 0.15) is 23.5 Å². The second kappa shape index (κ2) is 8.44. The van der Waals surface area contributed by atoms with Gasteiger partial charge in [0, 0.05) is 16.1 Å². The number of benzene rings is 2. The third kappa shape index (κ3) is 4.45. The molecule has 0 bridgehead atoms. The largest absolute Gasteiger partial charge is 0.485 e. The quantitative estimate of drug-likeness (QED) is 0.235. The Labute approximate surface area is 174 Å². The van der Waals surface area contributed by atoms with Crippen LogP contribution in [0.4, 0.5) is 5.69 Å². The zero-order chi connectivity index (χ0) is 21.0. The molecule has 1 aliphatic rings. The molecule has 0 spiro atoms. The summed E-state index contributed by atoms with van der Waals surface area (Å²) in [6, 6.07) is 14.1. The van der Waals surface area contributed by atoms with Gasteiger partial charge in [-0.05, 0) is 56.5 Å². The number of aliphatic imine (C=N–C) groups is 1. The first-order valence-electron chi connectivity index (χ1n) is 8.93. The van der Waals surface area contributed by atoms with Gasteiger partial charge in [-0.1, -0.05) is 6.07 Å². The van der Waals surface area contributed by atoms with Crippen molar-refractivity contribution >= 4 is 23.4 Å². The van der Waals surface area contributed by atoms with Gasteiger partial charge in [-0.15, -0.1) is 11.8 Å². The lowest BCUT2D eigenvalue weighted by Gasteiger charge is -2.40. The Hall–Kier alpha value is -3.20. The first-order valence-corrected chi connectivity index (χ1v) is 10.2. The molecule has 0 saturated carbocycles. The van der Waals surface area contributed by atoms with Crippen molar-refractivity contribution in [3.05, 3.63) is 53.6 Å². The molecule has 0 radical (unpaired) electrons. The van der Waals surface area contributed by atoms with Crippen LogP contribution in [0.15, 0.2) is 52.4 Å². The Morgan fingerprint density at radius 2 is 2.03 bits per heavy atom. The molecule has 3 N–H and O–H groups in total. The number of ether oxygens (including phenoxy) is 1. The number of fused-ring (bicyclic) bond motifs is 1. The summed E-state index contributed by atoms with van der Waals surface area (Å²) in [5.41, 5.74) is 0.888. The van der Waals surface area contributed by atoms with Gasteiger partial charge >= 0.3 is 0 Å². The van der Waals surface area contributed by atoms with Crippen LogP contribution in [-0.2, 0) is 0 Å². The van der Waals surface area contributed by atoms with Crippen molar-refractivity contribution in [2.45, 2.75) is 36.5 Å². The monoisotopic (exact) mass is 407 g/mol. The molecule has 7 nitrogen and oxygen atoms in total. The van der Waals surface area contributed by atoms with Crippen molar-refractivity contribution in [3.63, 3.8) is 0 Å². The summed E-state index contributed by atoms with van der Waals surface area (Å²) in [4.78, 5) is 5.65. The van der Waals surface area contributed by atoms with Crippen LogP contribution in [0.25, 0.3) is 0 Å². The van der Waals surface area contributed by atoms with Crippen LogP contribution in [0.2, 0.25) is 0 Å². The molecule has 1 aliphatic heterocycles. The van der Waals surface area contributed by atoms with Gasteiger partial charge in [0.25, 0.3) is 0 Å². The van der Waals surface area contributed by atoms with Crippen molar-refractivity contribution in [1.29, 1.82) is 10.5 Å². The maximum atomic E-state index is 10.9. The van der Waals surface area contributed by atoms with Gasteiger partial charge in [-0.2, -0.15) is 10.5 Å². The number of aliphatic hydroxyl groups excluding tert-OH is 1. The number of thioether (sulfide) groups is 1. The van der Waals surface area contributed by atoms with E-state index in [9.17, 15) is 15.6 Å². The molecule has 2 atom stereocenters. The molecule has 29 heavy (non-hydrogen) atoms. The molecule has 0 fully saturated rings. The molecule has 3 rings (SSSR count). The molecular weight excluding hydrogens is 386 g/mol. The first kappa shape index (κ1) is 20.5. The van der Waals surface area contributed by atoms with E-state index >= 15 is 0 Å². The molecule has 8 heteroatoms. The van der Waals surface area contributed by atoms with Crippen LogP contribution in [0.3, 0.4) is 0 Å². The van der Waals surface area contributed by atoms with Gasteiger partial charge in [0.05, 0.1) is 11.6 Å². The number of nitrogens with zero attached hydrogens (tertiary/aromatic N) is 3. The fourth-order valence-corrected chi connectivity index (χ4v) is 3.56. The Balaban J connectivity index is 2.04. The number of hydrogen-bond donors (Lipinski definition) is 3. The number of anilines is 1. The van der Waals surface area contributed by atoms with E-state index in [-0.39, 0.29) is 5.96 Å². The number of nitriles is 2. The molecule has 0 saturated heterocycles. The van der Waals surface area contributed by atoms with Crippen LogP contribution in [0.1, 0.15) is 31.0 Å². The lowest BCUT2D eigenvalue weighted by Crippen LogP contribution is -2.49. The van der Waals surface area contributed by atoms with E-state index in [0.717, 1.165) is 10.6 Å². The van der Waals surface area contributed by atoms with E-state index in [1.165, 1.54) is 0 Å². The Morgan fingerprint density at radius 1 is 1.24 bits per heavy atom. The molecule has 0 amide bonds. The van der Waals surface area contributed by atoms with Crippen molar-refractivity contribution in [2.75, 3.05) is 11.6 Å². The molecule has 0 aromatic heterocycles. The highest BCUT2D eigenvalue weighted by molar-refractivity contribution is 7.98. The maximum absolute atomic E-state index is 10.9. The Kier molecular flexibility index (Phi) is 5.97. The number of guanidine groups is 1. The summed E-state index contributed by atoms with van der Waals surface area (Å²) < 4.78 is 5.91. The van der Waals surface area contributed by atoms with E-state index < -0.39 is 17.7 Å². The summed E-state index contributed by atoms with van der Waals surface area (Å²) >= 11 is 1.60. The first-order chi connectivity index (χ1) is 13.9. The van der Waals surface area contributed by atoms with Crippen LogP contribution >= 0.6 is 11.8 Å². The molecule has 2 aromatic rings. The van der Waals surface area contributed by atoms with Gasteiger partial charge < -0.3 is 15.2 Å². The Morgan fingerprint density at radius 3 is 2.72 bits per heavy atom. The number of hydrogen-bond acceptors (Lipinski definition) is 6. The molecule has 1 heterocycles. The minimum atomic E-state index is -0.987. The van der Waals surface area contributed by atoms with Crippen LogP contribution in [-0.4, -0.2) is 29.0 Å². The predicted octanol–water partition coefficient (Wildman–Crippen LogP) is 3.39. The standard InChI is InChI=1S/C21H21N5O2S/c1-21(2)19(27)18(16-9-13(11-22)7-8-17(16)28-21)26-20(24-12-23)25-14-5-4-6-15(10-14)29-3/h4-10,18-19,27H,1-3H3,(H2,24,25,26)/t18-,19+/m0/s1. The molecule has 0 aliphatic carbocycles. The average Bonchev–Trinajstić information content (AvgIpc) is 2.71. The fourth-order valence-electron chi connectivity index (χ4n) is 3.10. The number of aliphatic hydroxyl groups is 1. The normalized spacial score (nSPS) is 19.9. The molecule has 0 unspecified atom stereocenters. The van der Waals surface area contributed by atoms with Crippen molar-refractivity contribution in [2.24, 2.45) is 4.99 Å². The zero-order valence-corrected chi connectivity index (χ0v) is 17.1. The van der Waals surface area contributed by atoms with Crippen molar-refractivity contribution < 1.29 is 9.84 Å². The second-order valence-corrected chi connectivity index (χ2v) is 7.91. The SMILES string of the molecule is CSc1cccc(NC(=N[C@H]2c3cc(C#N)ccc3OC(C)(C)[C@@H]2O)NC#N)c1. The predicted molar refractivity (Wildman–Crippen MR) is 113 cm³/mol. The van der Waals surface area contributed by atoms with Gasteiger partial charge in [-0.3, -0.25) is 5.32 Å². The summed E-state index contributed by atoms with van der Waals surface area (Å²) in [5, 5.41) is 35.0. The van der Waals surface area contributed by atoms with Crippen molar-refractivity contribution in [1.82, 2.24) is 5.32 Å². The fraction of sp³-hybridized carbons (Fsp3) is 0.286. The Bertz CT molecular complexity index is 1020. The van der Waals surface area contributed by atoms with E-state index in [1.807, 2.05) is 36.7 Å². The van der Waals surface area contributed by atoms with Crippen molar-refractivity contribution in [3.8, 4) is 18.0 Å². The van der Waals surface area contributed by atoms with Crippen LogP contribution < -0.4 is 15.4 Å². The van der Waals surface area contributed by atoms with Crippen LogP contribution in [0.5, 0.6) is 5.75 Å². The molecule has 2 aromatic carbocycles. The zero-order valence-electron chi connectivity index (χ0n) is 16.3. The minimum Gasteiger partial charge on any atom is -0.485 e. The maximum Gasteiger partial charge on any atom is 0.209 e. The minimum absolute atomic E-state index is 0.195. The summed E-state index contributed by atoms with van der Waals surface area (Å²) in [7, 11) is 0. The second-order valence-electron chi connectivity index (χ2n) is 7.03. The van der Waals surface area contributed by atoms with E-state index in [4.69, 9.17) is 4.74 Å². The third-order valence-electron chi connectivity index (χ3n) is 4.62. The highest BCUT2D eigenvalue weighted by Gasteiger charge is 2.43.